The number of carbonyl (C=O) groups is 2. The molecule has 0 saturated heterocycles. The second-order valence-corrected chi connectivity index (χ2v) is 8.03. The molecule has 0 saturated carbocycles. The molecule has 1 N–H and O–H groups in total. The van der Waals surface area contributed by atoms with Crippen LogP contribution in [-0.4, -0.2) is 11.8 Å². The SMILES string of the molecule is O=C(N=S(C=Cc1ccccc1)NC(=O)c1ccc(Cl)cc1)c1ccc(Cl)cc1. The second kappa shape index (κ2) is 10.2. The van der Waals surface area contributed by atoms with Gasteiger partial charge in [0.15, 0.2) is 0 Å². The third kappa shape index (κ3) is 6.39. The molecule has 0 radical (unpaired) electrons. The van der Waals surface area contributed by atoms with Crippen LogP contribution >= 0.6 is 23.2 Å². The number of halogens is 2. The molecule has 7 heteroatoms. The molecule has 3 aromatic carbocycles. The minimum absolute atomic E-state index is 0.352. The lowest BCUT2D eigenvalue weighted by atomic mass is 10.2. The van der Waals surface area contributed by atoms with E-state index in [9.17, 15) is 9.59 Å². The summed E-state index contributed by atoms with van der Waals surface area (Å²) in [5, 5.41) is 2.75. The van der Waals surface area contributed by atoms with Crippen molar-refractivity contribution in [1.29, 1.82) is 0 Å². The van der Waals surface area contributed by atoms with E-state index in [0.717, 1.165) is 5.56 Å². The molecule has 146 valence electrons. The highest BCUT2D eigenvalue weighted by Crippen LogP contribution is 2.12. The Morgan fingerprint density at radius 1 is 0.793 bits per heavy atom. The summed E-state index contributed by atoms with van der Waals surface area (Å²) in [6.07, 6.45) is 1.81. The van der Waals surface area contributed by atoms with Gasteiger partial charge < -0.3 is 0 Å². The molecule has 0 heterocycles. The van der Waals surface area contributed by atoms with E-state index in [-0.39, 0.29) is 5.91 Å². The normalized spacial score (nSPS) is 12.1. The van der Waals surface area contributed by atoms with Crippen LogP contribution in [0.25, 0.3) is 6.08 Å². The maximum Gasteiger partial charge on any atom is 0.284 e. The number of rotatable bonds is 5. The van der Waals surface area contributed by atoms with Crippen molar-refractivity contribution < 1.29 is 9.59 Å². The van der Waals surface area contributed by atoms with Gasteiger partial charge in [-0.15, -0.1) is 0 Å². The number of amides is 2. The molecule has 3 aromatic rings. The lowest BCUT2D eigenvalue weighted by Crippen LogP contribution is -2.24. The van der Waals surface area contributed by atoms with Crippen molar-refractivity contribution in [2.24, 2.45) is 4.36 Å². The largest absolute Gasteiger partial charge is 0.284 e. The highest BCUT2D eigenvalue weighted by atomic mass is 35.5. The molecule has 1 atom stereocenters. The van der Waals surface area contributed by atoms with Crippen molar-refractivity contribution in [1.82, 2.24) is 4.72 Å². The van der Waals surface area contributed by atoms with Crippen LogP contribution in [0.3, 0.4) is 0 Å². The number of hydrogen-bond acceptors (Lipinski definition) is 2. The van der Waals surface area contributed by atoms with Gasteiger partial charge in [0.1, 0.15) is 0 Å². The van der Waals surface area contributed by atoms with Crippen LogP contribution in [0.5, 0.6) is 0 Å². The Morgan fingerprint density at radius 3 is 1.93 bits per heavy atom. The summed E-state index contributed by atoms with van der Waals surface area (Å²) in [4.78, 5) is 25.1. The first-order valence-electron chi connectivity index (χ1n) is 8.56. The van der Waals surface area contributed by atoms with Gasteiger partial charge in [0.2, 0.25) is 0 Å². The number of nitrogens with zero attached hydrogens (tertiary/aromatic N) is 1. The van der Waals surface area contributed by atoms with Crippen LogP contribution in [0.15, 0.2) is 88.6 Å². The number of carbonyl (C=O) groups excluding carboxylic acids is 2. The van der Waals surface area contributed by atoms with Crippen molar-refractivity contribution in [3.8, 4) is 0 Å². The van der Waals surface area contributed by atoms with E-state index in [4.69, 9.17) is 23.2 Å². The van der Waals surface area contributed by atoms with Gasteiger partial charge >= 0.3 is 0 Å². The van der Waals surface area contributed by atoms with Gasteiger partial charge in [0, 0.05) is 37.5 Å². The minimum Gasteiger partial charge on any atom is -0.284 e. The maximum atomic E-state index is 12.6. The van der Waals surface area contributed by atoms with Crippen LogP contribution in [0, 0.1) is 0 Å². The van der Waals surface area contributed by atoms with Crippen molar-refractivity contribution in [2.45, 2.75) is 0 Å². The molecule has 0 aromatic heterocycles. The Bertz CT molecular complexity index is 1060. The summed E-state index contributed by atoms with van der Waals surface area (Å²) in [6.45, 7) is 0. The van der Waals surface area contributed by atoms with Gasteiger partial charge in [-0.2, -0.15) is 4.36 Å². The Hall–Kier alpha value is -2.73. The maximum absolute atomic E-state index is 12.6. The highest BCUT2D eigenvalue weighted by Gasteiger charge is 2.10. The van der Waals surface area contributed by atoms with Gasteiger partial charge in [-0.1, -0.05) is 53.5 Å². The molecule has 0 aliphatic heterocycles. The molecular weight excluding hydrogens is 427 g/mol. The smallest absolute Gasteiger partial charge is 0.284 e. The van der Waals surface area contributed by atoms with E-state index in [1.165, 1.54) is 0 Å². The molecule has 0 aliphatic rings. The summed E-state index contributed by atoms with van der Waals surface area (Å²) >= 11 is 11.7. The standard InChI is InChI=1S/C22H16Cl2N2O2S/c23-19-10-6-17(7-11-19)21(27)25-29(15-14-16-4-2-1-3-5-16)26-22(28)18-8-12-20(24)13-9-18/h1-15H,(H,25,26,27,28). The molecule has 0 aliphatic carbocycles. The topological polar surface area (TPSA) is 58.5 Å². The molecule has 0 fully saturated rings. The number of hydrogen-bond donors (Lipinski definition) is 1. The molecule has 4 nitrogen and oxygen atoms in total. The van der Waals surface area contributed by atoms with E-state index in [1.807, 2.05) is 36.4 Å². The van der Waals surface area contributed by atoms with Crippen molar-refractivity contribution in [3.63, 3.8) is 0 Å². The number of nitrogens with one attached hydrogen (secondary N) is 1. The second-order valence-electron chi connectivity index (χ2n) is 5.87. The molecule has 29 heavy (non-hydrogen) atoms. The summed E-state index contributed by atoms with van der Waals surface area (Å²) in [6, 6.07) is 22.5. The predicted molar refractivity (Wildman–Crippen MR) is 120 cm³/mol. The van der Waals surface area contributed by atoms with E-state index in [1.54, 1.807) is 53.9 Å². The molecule has 0 spiro atoms. The monoisotopic (exact) mass is 442 g/mol. The fraction of sp³-hybridized carbons (Fsp3) is 0. The summed E-state index contributed by atoms with van der Waals surface area (Å²) in [5.41, 5.74) is 1.75. The van der Waals surface area contributed by atoms with Gasteiger partial charge in [-0.25, -0.2) is 0 Å². The Balaban J connectivity index is 1.87. The van der Waals surface area contributed by atoms with Crippen LogP contribution in [-0.2, 0) is 10.9 Å². The summed E-state index contributed by atoms with van der Waals surface area (Å²) in [7, 11) is -1.17. The Kier molecular flexibility index (Phi) is 7.36. The lowest BCUT2D eigenvalue weighted by molar-refractivity contribution is 0.0984. The molecule has 3 rings (SSSR count). The summed E-state index contributed by atoms with van der Waals surface area (Å²) < 4.78 is 6.96. The zero-order chi connectivity index (χ0) is 20.6. The first kappa shape index (κ1) is 21.0. The van der Waals surface area contributed by atoms with E-state index < -0.39 is 16.8 Å². The van der Waals surface area contributed by atoms with Gasteiger partial charge in [-0.05, 0) is 60.2 Å². The molecule has 2 amide bonds. The van der Waals surface area contributed by atoms with Crippen molar-refractivity contribution >= 4 is 52.0 Å². The first-order valence-corrected chi connectivity index (χ1v) is 10.6. The Labute approximate surface area is 181 Å². The quantitative estimate of drug-likeness (QED) is 0.530. The van der Waals surface area contributed by atoms with Crippen LogP contribution in [0.4, 0.5) is 0 Å². The van der Waals surface area contributed by atoms with E-state index in [2.05, 4.69) is 9.08 Å². The third-order valence-electron chi connectivity index (χ3n) is 3.77. The lowest BCUT2D eigenvalue weighted by Gasteiger charge is -2.07. The van der Waals surface area contributed by atoms with E-state index in [0.29, 0.717) is 21.2 Å². The van der Waals surface area contributed by atoms with E-state index >= 15 is 0 Å². The predicted octanol–water partition coefficient (Wildman–Crippen LogP) is 5.95. The van der Waals surface area contributed by atoms with Crippen LogP contribution in [0.2, 0.25) is 10.0 Å². The highest BCUT2D eigenvalue weighted by molar-refractivity contribution is 7.89. The molecule has 0 bridgehead atoms. The van der Waals surface area contributed by atoms with Crippen LogP contribution in [0.1, 0.15) is 26.3 Å². The zero-order valence-electron chi connectivity index (χ0n) is 15.1. The minimum atomic E-state index is -1.17. The van der Waals surface area contributed by atoms with Gasteiger partial charge in [-0.3, -0.25) is 14.3 Å². The molecular formula is C22H16Cl2N2O2S. The summed E-state index contributed by atoms with van der Waals surface area (Å²) in [5.74, 6) is -0.797. The fourth-order valence-corrected chi connectivity index (χ4v) is 3.59. The molecule has 1 unspecified atom stereocenters. The number of benzene rings is 3. The fourth-order valence-electron chi connectivity index (χ4n) is 2.28. The van der Waals surface area contributed by atoms with Gasteiger partial charge in [0.05, 0.1) is 0 Å². The Morgan fingerprint density at radius 2 is 1.34 bits per heavy atom. The van der Waals surface area contributed by atoms with Crippen molar-refractivity contribution in [2.75, 3.05) is 0 Å². The van der Waals surface area contributed by atoms with Gasteiger partial charge in [0.25, 0.3) is 11.8 Å². The average molecular weight is 443 g/mol. The average Bonchev–Trinajstić information content (AvgIpc) is 2.73. The van der Waals surface area contributed by atoms with Crippen LogP contribution < -0.4 is 4.72 Å². The third-order valence-corrected chi connectivity index (χ3v) is 5.42. The first-order chi connectivity index (χ1) is 14.0. The van der Waals surface area contributed by atoms with Crippen molar-refractivity contribution in [3.05, 3.63) is 111 Å². The zero-order valence-corrected chi connectivity index (χ0v) is 17.4.